The van der Waals surface area contributed by atoms with Crippen molar-refractivity contribution in [3.8, 4) is 5.69 Å². The minimum Gasteiger partial charge on any atom is -0.408 e. The fourth-order valence-corrected chi connectivity index (χ4v) is 4.18. The van der Waals surface area contributed by atoms with E-state index in [4.69, 9.17) is 14.5 Å². The molecule has 0 spiro atoms. The lowest BCUT2D eigenvalue weighted by Crippen LogP contribution is -2.14. The van der Waals surface area contributed by atoms with Gasteiger partial charge in [-0.1, -0.05) is 68.2 Å². The lowest BCUT2D eigenvalue weighted by Gasteiger charge is -2.21. The molecule has 1 aliphatic carbocycles. The van der Waals surface area contributed by atoms with E-state index < -0.39 is 0 Å². The van der Waals surface area contributed by atoms with Gasteiger partial charge in [0.1, 0.15) is 5.82 Å². The first-order valence-electron chi connectivity index (χ1n) is 10.4. The molecule has 1 aliphatic rings. The molecule has 0 unspecified atom stereocenters. The van der Waals surface area contributed by atoms with Gasteiger partial charge in [0.15, 0.2) is 0 Å². The number of amides is 1. The number of nitrogens with one attached hydrogen (secondary N) is 1. The molecule has 1 saturated carbocycles. The molecule has 1 amide bonds. The Kier molecular flexibility index (Phi) is 6.47. The van der Waals surface area contributed by atoms with Crippen LogP contribution >= 0.6 is 11.8 Å². The van der Waals surface area contributed by atoms with Crippen LogP contribution in [0.4, 0.5) is 6.01 Å². The highest BCUT2D eigenvalue weighted by Crippen LogP contribution is 2.33. The standard InChI is InChI=1S/C21H26N6O2S/c1-14(2)19-24-25-20(29-19)22-17(28)13-30-21-23-18(15-9-5-3-6-10-15)27(26-21)16-11-7-4-8-12-16/h4,7-8,11-12,14-15H,3,5-6,9-10,13H2,1-2H3,(H,22,25,28). The van der Waals surface area contributed by atoms with Crippen molar-refractivity contribution in [1.82, 2.24) is 25.0 Å². The molecule has 0 bridgehead atoms. The van der Waals surface area contributed by atoms with Crippen molar-refractivity contribution >= 4 is 23.7 Å². The minimum absolute atomic E-state index is 0.113. The molecule has 0 saturated heterocycles. The number of para-hydroxylation sites is 1. The number of rotatable bonds is 7. The van der Waals surface area contributed by atoms with Crippen LogP contribution < -0.4 is 5.32 Å². The summed E-state index contributed by atoms with van der Waals surface area (Å²) in [7, 11) is 0. The van der Waals surface area contributed by atoms with Crippen molar-refractivity contribution < 1.29 is 9.21 Å². The Balaban J connectivity index is 1.45. The zero-order valence-corrected chi connectivity index (χ0v) is 18.1. The number of thioether (sulfide) groups is 1. The van der Waals surface area contributed by atoms with Crippen LogP contribution in [0.5, 0.6) is 0 Å². The van der Waals surface area contributed by atoms with Gasteiger partial charge in [0.25, 0.3) is 0 Å². The first-order chi connectivity index (χ1) is 14.6. The van der Waals surface area contributed by atoms with Crippen molar-refractivity contribution in [2.45, 2.75) is 62.9 Å². The molecule has 4 rings (SSSR count). The molecule has 0 atom stereocenters. The van der Waals surface area contributed by atoms with Gasteiger partial charge < -0.3 is 4.42 Å². The molecule has 2 aromatic heterocycles. The number of benzene rings is 1. The molecule has 8 nitrogen and oxygen atoms in total. The predicted molar refractivity (Wildman–Crippen MR) is 115 cm³/mol. The van der Waals surface area contributed by atoms with Gasteiger partial charge in [-0.2, -0.15) is 0 Å². The van der Waals surface area contributed by atoms with Crippen molar-refractivity contribution in [2.24, 2.45) is 0 Å². The Hall–Kier alpha value is -2.68. The van der Waals surface area contributed by atoms with Crippen LogP contribution in [0.15, 0.2) is 39.9 Å². The molecule has 0 radical (unpaired) electrons. The highest BCUT2D eigenvalue weighted by atomic mass is 32.2. The van der Waals surface area contributed by atoms with Crippen molar-refractivity contribution in [2.75, 3.05) is 11.1 Å². The Labute approximate surface area is 179 Å². The number of hydrogen-bond donors (Lipinski definition) is 1. The number of carbonyl (C=O) groups excluding carboxylic acids is 1. The molecule has 1 aromatic carbocycles. The third-order valence-electron chi connectivity index (χ3n) is 5.10. The second kappa shape index (κ2) is 9.42. The van der Waals surface area contributed by atoms with Crippen molar-refractivity contribution in [3.05, 3.63) is 42.0 Å². The van der Waals surface area contributed by atoms with Crippen LogP contribution in [-0.4, -0.2) is 36.6 Å². The van der Waals surface area contributed by atoms with Gasteiger partial charge in [0.2, 0.25) is 17.0 Å². The van der Waals surface area contributed by atoms with Crippen LogP contribution in [0, 0.1) is 0 Å². The summed E-state index contributed by atoms with van der Waals surface area (Å²) in [5.41, 5.74) is 0.994. The summed E-state index contributed by atoms with van der Waals surface area (Å²) < 4.78 is 7.36. The Morgan fingerprint density at radius 1 is 1.20 bits per heavy atom. The molecular weight excluding hydrogens is 400 g/mol. The first kappa shape index (κ1) is 20.6. The molecule has 3 aromatic rings. The van der Waals surface area contributed by atoms with Gasteiger partial charge in [-0.3, -0.25) is 10.1 Å². The topological polar surface area (TPSA) is 98.7 Å². The maximum atomic E-state index is 12.3. The van der Waals surface area contributed by atoms with Crippen LogP contribution in [0.2, 0.25) is 0 Å². The van der Waals surface area contributed by atoms with Crippen LogP contribution in [0.25, 0.3) is 5.69 Å². The quantitative estimate of drug-likeness (QED) is 0.553. The average Bonchev–Trinajstić information content (AvgIpc) is 3.41. The van der Waals surface area contributed by atoms with E-state index in [1.807, 2.05) is 48.9 Å². The van der Waals surface area contributed by atoms with E-state index in [0.29, 0.717) is 17.0 Å². The van der Waals surface area contributed by atoms with Gasteiger partial charge in [-0.15, -0.1) is 10.2 Å². The van der Waals surface area contributed by atoms with E-state index >= 15 is 0 Å². The lowest BCUT2D eigenvalue weighted by atomic mass is 9.88. The largest absolute Gasteiger partial charge is 0.408 e. The predicted octanol–water partition coefficient (Wildman–Crippen LogP) is 4.55. The third-order valence-corrected chi connectivity index (χ3v) is 5.93. The fourth-order valence-electron chi connectivity index (χ4n) is 3.55. The molecule has 158 valence electrons. The summed E-state index contributed by atoms with van der Waals surface area (Å²) in [6.07, 6.45) is 5.99. The number of hydrogen-bond acceptors (Lipinski definition) is 7. The van der Waals surface area contributed by atoms with Crippen molar-refractivity contribution in [3.63, 3.8) is 0 Å². The first-order valence-corrected chi connectivity index (χ1v) is 11.4. The van der Waals surface area contributed by atoms with E-state index in [-0.39, 0.29) is 23.6 Å². The maximum absolute atomic E-state index is 12.3. The molecule has 9 heteroatoms. The zero-order chi connectivity index (χ0) is 20.9. The summed E-state index contributed by atoms with van der Waals surface area (Å²) in [5, 5.41) is 15.7. The highest BCUT2D eigenvalue weighted by molar-refractivity contribution is 7.99. The Morgan fingerprint density at radius 2 is 1.97 bits per heavy atom. The van der Waals surface area contributed by atoms with Crippen LogP contribution in [0.1, 0.15) is 69.5 Å². The Morgan fingerprint density at radius 3 is 2.67 bits per heavy atom. The lowest BCUT2D eigenvalue weighted by molar-refractivity contribution is -0.113. The third kappa shape index (κ3) is 4.89. The smallest absolute Gasteiger partial charge is 0.322 e. The van der Waals surface area contributed by atoms with Crippen molar-refractivity contribution in [1.29, 1.82) is 0 Å². The van der Waals surface area contributed by atoms with E-state index in [0.717, 1.165) is 24.4 Å². The Bertz CT molecular complexity index is 979. The van der Waals surface area contributed by atoms with Crippen LogP contribution in [-0.2, 0) is 4.79 Å². The normalized spacial score (nSPS) is 14.9. The number of carbonyl (C=O) groups is 1. The molecule has 1 fully saturated rings. The molecule has 2 heterocycles. The molecular formula is C21H26N6O2S. The fraction of sp³-hybridized carbons (Fsp3) is 0.476. The maximum Gasteiger partial charge on any atom is 0.322 e. The monoisotopic (exact) mass is 426 g/mol. The molecule has 30 heavy (non-hydrogen) atoms. The zero-order valence-electron chi connectivity index (χ0n) is 17.2. The summed E-state index contributed by atoms with van der Waals surface area (Å²) in [6.45, 7) is 3.90. The van der Waals surface area contributed by atoms with Crippen LogP contribution in [0.3, 0.4) is 0 Å². The van der Waals surface area contributed by atoms with Gasteiger partial charge in [0, 0.05) is 11.8 Å². The number of aromatic nitrogens is 5. The van der Waals surface area contributed by atoms with Gasteiger partial charge in [-0.05, 0) is 25.0 Å². The van der Waals surface area contributed by atoms with Gasteiger partial charge >= 0.3 is 6.01 Å². The second-order valence-electron chi connectivity index (χ2n) is 7.77. The average molecular weight is 427 g/mol. The van der Waals surface area contributed by atoms with Gasteiger partial charge in [0.05, 0.1) is 11.4 Å². The molecule has 0 aliphatic heterocycles. The molecule has 1 N–H and O–H groups in total. The van der Waals surface area contributed by atoms with E-state index in [1.54, 1.807) is 0 Å². The van der Waals surface area contributed by atoms with Gasteiger partial charge in [-0.25, -0.2) is 9.67 Å². The SMILES string of the molecule is CC(C)c1nnc(NC(=O)CSc2nc(C3CCCCC3)n(-c3ccccc3)n2)o1. The summed E-state index contributed by atoms with van der Waals surface area (Å²) in [5.74, 6) is 1.95. The van der Waals surface area contributed by atoms with E-state index in [1.165, 1.54) is 31.0 Å². The van der Waals surface area contributed by atoms with E-state index in [2.05, 4.69) is 15.5 Å². The number of anilines is 1. The second-order valence-corrected chi connectivity index (χ2v) is 8.71. The summed E-state index contributed by atoms with van der Waals surface area (Å²) in [4.78, 5) is 17.1. The minimum atomic E-state index is -0.228. The van der Waals surface area contributed by atoms with E-state index in [9.17, 15) is 4.79 Å². The number of nitrogens with zero attached hydrogens (tertiary/aromatic N) is 5. The summed E-state index contributed by atoms with van der Waals surface area (Å²) in [6, 6.07) is 10.2. The summed E-state index contributed by atoms with van der Waals surface area (Å²) >= 11 is 1.31. The highest BCUT2D eigenvalue weighted by Gasteiger charge is 2.24.